The molecule has 2 rings (SSSR count). The van der Waals surface area contributed by atoms with Crippen LogP contribution in [0.2, 0.25) is 0 Å². The molecule has 0 spiro atoms. The van der Waals surface area contributed by atoms with Gasteiger partial charge in [0.2, 0.25) is 0 Å². The first-order valence-electron chi connectivity index (χ1n) is 4.78. The lowest BCUT2D eigenvalue weighted by molar-refractivity contribution is -0.210. The Morgan fingerprint density at radius 1 is 1.29 bits per heavy atom. The van der Waals surface area contributed by atoms with Crippen molar-refractivity contribution in [2.75, 3.05) is 11.9 Å². The molecule has 14 heavy (non-hydrogen) atoms. The summed E-state index contributed by atoms with van der Waals surface area (Å²) >= 11 is 3.43. The first-order valence-corrected chi connectivity index (χ1v) is 5.90. The van der Waals surface area contributed by atoms with Crippen molar-refractivity contribution in [1.29, 1.82) is 0 Å². The minimum absolute atomic E-state index is 0.188. The number of benzene rings is 1. The molecule has 1 fully saturated rings. The molecule has 0 radical (unpaired) electrons. The summed E-state index contributed by atoms with van der Waals surface area (Å²) in [6, 6.07) is 10.1. The Morgan fingerprint density at radius 3 is 2.79 bits per heavy atom. The smallest absolute Gasteiger partial charge is 0.184 e. The second kappa shape index (κ2) is 4.91. The number of ether oxygens (including phenoxy) is 2. The van der Waals surface area contributed by atoms with Crippen LogP contribution in [0.1, 0.15) is 18.3 Å². The van der Waals surface area contributed by atoms with E-state index in [9.17, 15) is 0 Å². The molecule has 0 N–H and O–H groups in total. The van der Waals surface area contributed by atoms with Crippen molar-refractivity contribution in [3.63, 3.8) is 0 Å². The fourth-order valence-corrected chi connectivity index (χ4v) is 1.96. The SMILES string of the molecule is BrC[C@@H]1CCO[C@H](c2ccccc2)O1. The summed E-state index contributed by atoms with van der Waals surface area (Å²) < 4.78 is 11.3. The van der Waals surface area contributed by atoms with E-state index in [4.69, 9.17) is 9.47 Å². The number of hydrogen-bond acceptors (Lipinski definition) is 2. The Kier molecular flexibility index (Phi) is 3.56. The number of rotatable bonds is 2. The van der Waals surface area contributed by atoms with Crippen molar-refractivity contribution in [2.45, 2.75) is 18.8 Å². The summed E-state index contributed by atoms with van der Waals surface area (Å²) in [6.07, 6.45) is 1.05. The van der Waals surface area contributed by atoms with Crippen LogP contribution in [0, 0.1) is 0 Å². The Balaban J connectivity index is 2.04. The van der Waals surface area contributed by atoms with Crippen molar-refractivity contribution < 1.29 is 9.47 Å². The number of hydrogen-bond donors (Lipinski definition) is 0. The number of alkyl halides is 1. The van der Waals surface area contributed by atoms with E-state index in [1.165, 1.54) is 0 Å². The third-order valence-corrected chi connectivity index (χ3v) is 2.99. The van der Waals surface area contributed by atoms with Crippen LogP contribution in [0.25, 0.3) is 0 Å². The Morgan fingerprint density at radius 2 is 2.07 bits per heavy atom. The standard InChI is InChI=1S/C11H13BrO2/c12-8-10-6-7-13-11(14-10)9-4-2-1-3-5-9/h1-5,10-11H,6-8H2/t10-,11-/m0/s1. The van der Waals surface area contributed by atoms with Gasteiger partial charge in [-0.2, -0.15) is 0 Å². The zero-order valence-corrected chi connectivity index (χ0v) is 9.44. The lowest BCUT2D eigenvalue weighted by Crippen LogP contribution is -2.27. The van der Waals surface area contributed by atoms with Gasteiger partial charge in [0, 0.05) is 10.9 Å². The van der Waals surface area contributed by atoms with Crippen LogP contribution in [0.3, 0.4) is 0 Å². The lowest BCUT2D eigenvalue weighted by atomic mass is 10.2. The van der Waals surface area contributed by atoms with Crippen molar-refractivity contribution in [3.8, 4) is 0 Å². The van der Waals surface area contributed by atoms with Gasteiger partial charge < -0.3 is 9.47 Å². The van der Waals surface area contributed by atoms with E-state index >= 15 is 0 Å². The van der Waals surface area contributed by atoms with Gasteiger partial charge >= 0.3 is 0 Å². The average molecular weight is 257 g/mol. The zero-order valence-electron chi connectivity index (χ0n) is 7.86. The monoisotopic (exact) mass is 256 g/mol. The van der Waals surface area contributed by atoms with E-state index in [1.54, 1.807) is 0 Å². The van der Waals surface area contributed by atoms with Crippen LogP contribution >= 0.6 is 15.9 Å². The summed E-state index contributed by atoms with van der Waals surface area (Å²) in [4.78, 5) is 0. The first-order chi connectivity index (χ1) is 6.90. The molecule has 76 valence electrons. The molecular formula is C11H13BrO2. The highest BCUT2D eigenvalue weighted by Crippen LogP contribution is 2.26. The molecule has 3 heteroatoms. The molecule has 1 aliphatic rings. The van der Waals surface area contributed by atoms with Gasteiger partial charge in [0.05, 0.1) is 12.7 Å². The third-order valence-electron chi connectivity index (χ3n) is 2.27. The molecule has 1 aromatic rings. The first kappa shape index (κ1) is 10.1. The van der Waals surface area contributed by atoms with E-state index in [1.807, 2.05) is 30.3 Å². The molecule has 0 amide bonds. The topological polar surface area (TPSA) is 18.5 Å². The van der Waals surface area contributed by atoms with E-state index in [0.29, 0.717) is 0 Å². The van der Waals surface area contributed by atoms with Crippen molar-refractivity contribution in [1.82, 2.24) is 0 Å². The maximum absolute atomic E-state index is 5.75. The molecule has 2 atom stereocenters. The third kappa shape index (κ3) is 2.35. The normalized spacial score (nSPS) is 27.5. The van der Waals surface area contributed by atoms with Crippen LogP contribution in [-0.4, -0.2) is 18.0 Å². The fraction of sp³-hybridized carbons (Fsp3) is 0.455. The van der Waals surface area contributed by atoms with E-state index in [0.717, 1.165) is 23.9 Å². The molecule has 1 aromatic carbocycles. The zero-order chi connectivity index (χ0) is 9.80. The second-order valence-corrected chi connectivity index (χ2v) is 3.96. The highest BCUT2D eigenvalue weighted by molar-refractivity contribution is 9.09. The highest BCUT2D eigenvalue weighted by atomic mass is 79.9. The van der Waals surface area contributed by atoms with Crippen molar-refractivity contribution in [3.05, 3.63) is 35.9 Å². The molecule has 0 bridgehead atoms. The summed E-state index contributed by atoms with van der Waals surface area (Å²) in [6.45, 7) is 0.774. The minimum atomic E-state index is -0.188. The van der Waals surface area contributed by atoms with Gasteiger partial charge in [-0.1, -0.05) is 46.3 Å². The molecule has 1 aliphatic heterocycles. The van der Waals surface area contributed by atoms with Gasteiger partial charge in [-0.05, 0) is 6.42 Å². The summed E-state index contributed by atoms with van der Waals surface area (Å²) in [7, 11) is 0. The molecule has 2 nitrogen and oxygen atoms in total. The quantitative estimate of drug-likeness (QED) is 0.758. The summed E-state index contributed by atoms with van der Waals surface area (Å²) in [5.41, 5.74) is 1.10. The van der Waals surface area contributed by atoms with Gasteiger partial charge in [0.1, 0.15) is 0 Å². The maximum atomic E-state index is 5.75. The van der Waals surface area contributed by atoms with E-state index in [2.05, 4.69) is 15.9 Å². The predicted molar refractivity (Wildman–Crippen MR) is 58.4 cm³/mol. The molecule has 0 aliphatic carbocycles. The van der Waals surface area contributed by atoms with Crippen LogP contribution in [0.15, 0.2) is 30.3 Å². The fourth-order valence-electron chi connectivity index (χ4n) is 1.49. The molecule has 0 aromatic heterocycles. The average Bonchev–Trinajstić information content (AvgIpc) is 2.30. The number of halogens is 1. The van der Waals surface area contributed by atoms with Crippen LogP contribution in [-0.2, 0) is 9.47 Å². The van der Waals surface area contributed by atoms with Crippen LogP contribution in [0.5, 0.6) is 0 Å². The molecule has 0 unspecified atom stereocenters. The van der Waals surface area contributed by atoms with Crippen LogP contribution < -0.4 is 0 Å². The maximum Gasteiger partial charge on any atom is 0.184 e. The minimum Gasteiger partial charge on any atom is -0.348 e. The van der Waals surface area contributed by atoms with Crippen molar-refractivity contribution in [2.24, 2.45) is 0 Å². The Bertz CT molecular complexity index is 276. The summed E-state index contributed by atoms with van der Waals surface area (Å²) in [5.74, 6) is 0. The lowest BCUT2D eigenvalue weighted by Gasteiger charge is -2.29. The predicted octanol–water partition coefficient (Wildman–Crippen LogP) is 2.89. The van der Waals surface area contributed by atoms with E-state index < -0.39 is 0 Å². The van der Waals surface area contributed by atoms with Crippen molar-refractivity contribution >= 4 is 15.9 Å². The Hall–Kier alpha value is -0.380. The summed E-state index contributed by atoms with van der Waals surface area (Å²) in [5, 5.41) is 0.875. The highest BCUT2D eigenvalue weighted by Gasteiger charge is 2.22. The van der Waals surface area contributed by atoms with Gasteiger partial charge in [0.25, 0.3) is 0 Å². The van der Waals surface area contributed by atoms with Crippen LogP contribution in [0.4, 0.5) is 0 Å². The van der Waals surface area contributed by atoms with Gasteiger partial charge in [-0.15, -0.1) is 0 Å². The molecule has 1 saturated heterocycles. The largest absolute Gasteiger partial charge is 0.348 e. The van der Waals surface area contributed by atoms with Gasteiger partial charge in [-0.3, -0.25) is 0 Å². The van der Waals surface area contributed by atoms with Gasteiger partial charge in [0.15, 0.2) is 6.29 Å². The molecule has 0 saturated carbocycles. The second-order valence-electron chi connectivity index (χ2n) is 3.31. The molecular weight excluding hydrogens is 244 g/mol. The molecule has 1 heterocycles. The van der Waals surface area contributed by atoms with E-state index in [-0.39, 0.29) is 12.4 Å². The van der Waals surface area contributed by atoms with Gasteiger partial charge in [-0.25, -0.2) is 0 Å². The Labute approximate surface area is 92.3 Å².